The Morgan fingerprint density at radius 2 is 1.45 bits per heavy atom. The second kappa shape index (κ2) is 31.3. The largest absolute Gasteiger partial charge is 0.756 e. The minimum Gasteiger partial charge on any atom is -0.756 e. The predicted molar refractivity (Wildman–Crippen MR) is 216 cm³/mol. The second-order valence-electron chi connectivity index (χ2n) is 16.2. The number of quaternary nitrogens is 1. The molecule has 0 spiro atoms. The van der Waals surface area contributed by atoms with E-state index in [1.165, 1.54) is 44.9 Å². The SMILES string of the molecule is CCCCCCCCCCCCCC(=O)O[C@H](COC(=O)CCC/C=C\C[C@H]1[C@@H](O)CC(O)O[C@@H]1/C=C/[C@@H](O)CCCCC)COP(=O)([O-])OCC[N+](C)(C)C. The highest BCUT2D eigenvalue weighted by Gasteiger charge is 2.35. The molecule has 3 N–H and O–H groups in total. The molecule has 0 aromatic heterocycles. The molecule has 0 aromatic carbocycles. The molecule has 1 fully saturated rings. The Balaban J connectivity index is 2.56. The third kappa shape index (κ3) is 28.7. The van der Waals surface area contributed by atoms with Gasteiger partial charge in [0.1, 0.15) is 19.8 Å². The summed E-state index contributed by atoms with van der Waals surface area (Å²) in [5.74, 6) is -1.34. The van der Waals surface area contributed by atoms with Crippen LogP contribution in [-0.2, 0) is 37.4 Å². The van der Waals surface area contributed by atoms with Crippen LogP contribution < -0.4 is 4.89 Å². The van der Waals surface area contributed by atoms with Crippen LogP contribution in [0.1, 0.15) is 149 Å². The summed E-state index contributed by atoms with van der Waals surface area (Å²) in [5, 5.41) is 30.9. The van der Waals surface area contributed by atoms with E-state index >= 15 is 0 Å². The van der Waals surface area contributed by atoms with Gasteiger partial charge in [0, 0.05) is 25.2 Å². The van der Waals surface area contributed by atoms with Crippen molar-refractivity contribution in [3.05, 3.63) is 24.3 Å². The van der Waals surface area contributed by atoms with E-state index in [4.69, 9.17) is 23.3 Å². The average Bonchev–Trinajstić information content (AvgIpc) is 3.12. The first-order valence-electron chi connectivity index (χ1n) is 21.4. The zero-order valence-electron chi connectivity index (χ0n) is 35.4. The van der Waals surface area contributed by atoms with E-state index in [1.807, 2.05) is 33.3 Å². The molecule has 1 aliphatic rings. The number of allylic oxidation sites excluding steroid dienone is 2. The fraction of sp³-hybridized carbons (Fsp3) is 0.857. The smallest absolute Gasteiger partial charge is 0.306 e. The summed E-state index contributed by atoms with van der Waals surface area (Å²) in [7, 11) is 1.02. The molecule has 0 radical (unpaired) electrons. The van der Waals surface area contributed by atoms with Crippen molar-refractivity contribution in [1.82, 2.24) is 0 Å². The third-order valence-electron chi connectivity index (χ3n) is 9.77. The highest BCUT2D eigenvalue weighted by atomic mass is 31.2. The van der Waals surface area contributed by atoms with Crippen LogP contribution in [0.3, 0.4) is 0 Å². The number of carbonyl (C=O) groups excluding carboxylic acids is 2. The number of carbonyl (C=O) groups is 2. The van der Waals surface area contributed by atoms with Gasteiger partial charge in [0.25, 0.3) is 7.82 Å². The Kier molecular flexibility index (Phi) is 29.2. The molecule has 13 nitrogen and oxygen atoms in total. The van der Waals surface area contributed by atoms with Crippen LogP contribution in [0.5, 0.6) is 0 Å². The van der Waals surface area contributed by atoms with Crippen LogP contribution in [0.4, 0.5) is 0 Å². The summed E-state index contributed by atoms with van der Waals surface area (Å²) >= 11 is 0. The maximum Gasteiger partial charge on any atom is 0.306 e. The number of hydrogen-bond acceptors (Lipinski definition) is 12. The number of rotatable bonds is 34. The topological polar surface area (TPSA) is 181 Å². The highest BCUT2D eigenvalue weighted by molar-refractivity contribution is 7.45. The van der Waals surface area contributed by atoms with Crippen molar-refractivity contribution in [2.24, 2.45) is 5.92 Å². The van der Waals surface area contributed by atoms with Crippen LogP contribution >= 0.6 is 7.82 Å². The molecule has 328 valence electrons. The van der Waals surface area contributed by atoms with Crippen LogP contribution in [0, 0.1) is 5.92 Å². The Hall–Kier alpha value is -1.67. The molecule has 0 bridgehead atoms. The van der Waals surface area contributed by atoms with Gasteiger partial charge < -0.3 is 48.0 Å². The number of aliphatic hydroxyl groups excluding tert-OH is 3. The van der Waals surface area contributed by atoms with Gasteiger partial charge in [0.05, 0.1) is 46.1 Å². The normalized spacial score (nSPS) is 21.3. The summed E-state index contributed by atoms with van der Waals surface area (Å²) < 4.78 is 39.4. The van der Waals surface area contributed by atoms with Gasteiger partial charge in [0.2, 0.25) is 0 Å². The lowest BCUT2D eigenvalue weighted by Gasteiger charge is -2.36. The minimum atomic E-state index is -4.69. The van der Waals surface area contributed by atoms with Crippen molar-refractivity contribution >= 4 is 19.8 Å². The standard InChI is InChI=1S/C42H78NO12P/c1-6-8-10-11-12-13-14-15-16-17-23-27-41(47)54-36(34-53-56(49,50)52-31-30-43(3,4)5)33-51-40(46)26-22-19-18-21-25-37-38(45)32-42(48)55-39(37)29-28-35(44)24-20-9-7-2/h18,21,28-29,35-39,42,44-45,48H,6-17,19-20,22-27,30-34H2,1-5H3/b21-18-,29-28+/t35-,36+,37-,38-,39+,42?/m0/s1. The van der Waals surface area contributed by atoms with Crippen LogP contribution in [0.2, 0.25) is 0 Å². The van der Waals surface area contributed by atoms with Crippen LogP contribution in [-0.4, -0.2) is 110 Å². The predicted octanol–water partition coefficient (Wildman–Crippen LogP) is 7.05. The maximum atomic E-state index is 12.7. The van der Waals surface area contributed by atoms with Gasteiger partial charge in [-0.25, -0.2) is 0 Å². The summed E-state index contributed by atoms with van der Waals surface area (Å²) in [4.78, 5) is 37.6. The van der Waals surface area contributed by atoms with Gasteiger partial charge >= 0.3 is 11.9 Å². The molecule has 0 saturated carbocycles. The third-order valence-corrected chi connectivity index (χ3v) is 10.7. The summed E-state index contributed by atoms with van der Waals surface area (Å²) in [5.41, 5.74) is 0. The molecule has 0 amide bonds. The first-order valence-corrected chi connectivity index (χ1v) is 22.9. The van der Waals surface area contributed by atoms with Gasteiger partial charge in [-0.3, -0.25) is 14.2 Å². The van der Waals surface area contributed by atoms with Crippen molar-refractivity contribution in [3.63, 3.8) is 0 Å². The molecular formula is C42H78NO12P. The Labute approximate surface area is 338 Å². The number of phosphoric acid groups is 1. The zero-order chi connectivity index (χ0) is 41.7. The lowest BCUT2D eigenvalue weighted by atomic mass is 9.87. The molecule has 1 saturated heterocycles. The molecule has 7 atom stereocenters. The van der Waals surface area contributed by atoms with E-state index in [9.17, 15) is 34.4 Å². The number of nitrogens with zero attached hydrogens (tertiary/aromatic N) is 1. The lowest BCUT2D eigenvalue weighted by Crippen LogP contribution is -2.43. The number of ether oxygens (including phenoxy) is 3. The summed E-state index contributed by atoms with van der Waals surface area (Å²) in [6, 6.07) is 0. The molecule has 2 unspecified atom stereocenters. The van der Waals surface area contributed by atoms with Crippen molar-refractivity contribution in [2.45, 2.75) is 179 Å². The van der Waals surface area contributed by atoms with Gasteiger partial charge in [-0.2, -0.15) is 0 Å². The Morgan fingerprint density at radius 1 is 0.839 bits per heavy atom. The fourth-order valence-corrected chi connectivity index (χ4v) is 7.01. The van der Waals surface area contributed by atoms with Crippen LogP contribution in [0.25, 0.3) is 0 Å². The quantitative estimate of drug-likeness (QED) is 0.0198. The van der Waals surface area contributed by atoms with E-state index in [0.717, 1.165) is 38.5 Å². The van der Waals surface area contributed by atoms with Gasteiger partial charge in [0.15, 0.2) is 12.4 Å². The molecule has 0 aliphatic carbocycles. The molecule has 1 rings (SSSR count). The number of hydrogen-bond donors (Lipinski definition) is 3. The second-order valence-corrected chi connectivity index (χ2v) is 17.7. The monoisotopic (exact) mass is 820 g/mol. The Morgan fingerprint density at radius 3 is 2.09 bits per heavy atom. The van der Waals surface area contributed by atoms with E-state index in [2.05, 4.69) is 13.8 Å². The Bertz CT molecular complexity index is 1130. The number of phosphoric ester groups is 1. The fourth-order valence-electron chi connectivity index (χ4n) is 6.28. The maximum absolute atomic E-state index is 12.7. The van der Waals surface area contributed by atoms with E-state index in [0.29, 0.717) is 43.1 Å². The number of aliphatic hydroxyl groups is 3. The molecule has 14 heteroatoms. The zero-order valence-corrected chi connectivity index (χ0v) is 36.3. The summed E-state index contributed by atoms with van der Waals surface area (Å²) in [6.07, 6.45) is 21.2. The van der Waals surface area contributed by atoms with Crippen LogP contribution in [0.15, 0.2) is 24.3 Å². The van der Waals surface area contributed by atoms with Crippen molar-refractivity contribution < 1.29 is 62.1 Å². The highest BCUT2D eigenvalue weighted by Crippen LogP contribution is 2.38. The molecule has 56 heavy (non-hydrogen) atoms. The van der Waals surface area contributed by atoms with Gasteiger partial charge in [-0.1, -0.05) is 122 Å². The van der Waals surface area contributed by atoms with E-state index < -0.39 is 57.1 Å². The van der Waals surface area contributed by atoms with Gasteiger partial charge in [-0.15, -0.1) is 0 Å². The van der Waals surface area contributed by atoms with Crippen molar-refractivity contribution in [1.29, 1.82) is 0 Å². The lowest BCUT2D eigenvalue weighted by molar-refractivity contribution is -0.870. The summed E-state index contributed by atoms with van der Waals surface area (Å²) in [6.45, 7) is 3.79. The number of esters is 2. The minimum absolute atomic E-state index is 0.0733. The van der Waals surface area contributed by atoms with E-state index in [-0.39, 0.29) is 38.4 Å². The van der Waals surface area contributed by atoms with E-state index in [1.54, 1.807) is 12.2 Å². The first-order chi connectivity index (χ1) is 26.7. The number of likely N-dealkylation sites (N-methyl/N-ethyl adjacent to an activating group) is 1. The molecule has 1 heterocycles. The van der Waals surface area contributed by atoms with Crippen molar-refractivity contribution in [3.8, 4) is 0 Å². The molecular weight excluding hydrogens is 741 g/mol. The molecule has 1 aliphatic heterocycles. The average molecular weight is 820 g/mol. The van der Waals surface area contributed by atoms with Gasteiger partial charge in [-0.05, 0) is 32.1 Å². The molecule has 0 aromatic rings. The first kappa shape index (κ1) is 52.3. The number of unbranched alkanes of at least 4 members (excludes halogenated alkanes) is 13. The van der Waals surface area contributed by atoms with Crippen molar-refractivity contribution in [2.75, 3.05) is 47.5 Å².